The fourth-order valence-electron chi connectivity index (χ4n) is 0.879. The molecule has 2 nitrogen and oxygen atoms in total. The third kappa shape index (κ3) is 2.32. The van der Waals surface area contributed by atoms with E-state index in [0.717, 1.165) is 14.2 Å². The molecule has 0 fully saturated rings. The Bertz CT molecular complexity index is 278. The number of benzene rings is 1. The molecule has 0 aliphatic carbocycles. The van der Waals surface area contributed by atoms with Gasteiger partial charge in [0.1, 0.15) is 0 Å². The molecule has 66 valence electrons. The van der Waals surface area contributed by atoms with E-state index in [4.69, 9.17) is 23.1 Å². The van der Waals surface area contributed by atoms with Crippen LogP contribution in [-0.2, 0) is 0 Å². The van der Waals surface area contributed by atoms with E-state index in [9.17, 15) is 0 Å². The normalized spacial score (nSPS) is 13.0. The summed E-state index contributed by atoms with van der Waals surface area (Å²) in [5.74, 6) is 0. The van der Waals surface area contributed by atoms with Crippen LogP contribution in [0.25, 0.3) is 0 Å². The molecule has 0 saturated heterocycles. The van der Waals surface area contributed by atoms with Crippen LogP contribution in [0.5, 0.6) is 0 Å². The molecule has 0 amide bonds. The van der Waals surface area contributed by atoms with Gasteiger partial charge < -0.3 is 11.5 Å². The van der Waals surface area contributed by atoms with Crippen molar-refractivity contribution in [3.05, 3.63) is 32.4 Å². The predicted octanol–water partition coefficient (Wildman–Crippen LogP) is 1.90. The predicted molar refractivity (Wildman–Crippen MR) is 60.2 cm³/mol. The summed E-state index contributed by atoms with van der Waals surface area (Å²) in [6, 6.07) is 5.62. The molecule has 0 bridgehead atoms. The summed E-state index contributed by atoms with van der Waals surface area (Å²) in [7, 11) is 0. The third-order valence-electron chi connectivity index (χ3n) is 1.63. The number of nitrogens with two attached hydrogens (primary N) is 2. The Morgan fingerprint density at radius 1 is 1.50 bits per heavy atom. The summed E-state index contributed by atoms with van der Waals surface area (Å²) in [6.07, 6.45) is 0. The van der Waals surface area contributed by atoms with Crippen molar-refractivity contribution in [2.75, 3.05) is 6.54 Å². The van der Waals surface area contributed by atoms with Crippen molar-refractivity contribution in [2.45, 2.75) is 6.04 Å². The molecule has 1 aromatic rings. The molecule has 0 aliphatic rings. The lowest BCUT2D eigenvalue weighted by molar-refractivity contribution is 0.736. The quantitative estimate of drug-likeness (QED) is 0.819. The molecule has 0 radical (unpaired) electrons. The van der Waals surface area contributed by atoms with Gasteiger partial charge in [0.25, 0.3) is 0 Å². The van der Waals surface area contributed by atoms with Crippen LogP contribution < -0.4 is 11.5 Å². The first kappa shape index (κ1) is 10.2. The van der Waals surface area contributed by atoms with Gasteiger partial charge in [-0.2, -0.15) is 0 Å². The van der Waals surface area contributed by atoms with Gasteiger partial charge in [0.2, 0.25) is 0 Å². The molecule has 0 aliphatic heterocycles. The lowest BCUT2D eigenvalue weighted by Gasteiger charge is -2.09. The minimum absolute atomic E-state index is 0.0872. The highest BCUT2D eigenvalue weighted by atomic mass is 127. The maximum Gasteiger partial charge on any atom is 0.0539 e. The third-order valence-corrected chi connectivity index (χ3v) is 3.17. The summed E-state index contributed by atoms with van der Waals surface area (Å²) in [4.78, 5) is 0. The lowest BCUT2D eigenvalue weighted by Crippen LogP contribution is -2.20. The van der Waals surface area contributed by atoms with Crippen molar-refractivity contribution in [1.29, 1.82) is 0 Å². The minimum atomic E-state index is -0.0872. The van der Waals surface area contributed by atoms with Crippen molar-refractivity contribution in [3.8, 4) is 0 Å². The van der Waals surface area contributed by atoms with Crippen LogP contribution in [0.4, 0.5) is 0 Å². The molecule has 12 heavy (non-hydrogen) atoms. The highest BCUT2D eigenvalue weighted by molar-refractivity contribution is 14.1. The van der Waals surface area contributed by atoms with Crippen LogP contribution in [-0.4, -0.2) is 6.54 Å². The van der Waals surface area contributed by atoms with Crippen molar-refractivity contribution >= 4 is 34.2 Å². The van der Waals surface area contributed by atoms with Crippen molar-refractivity contribution < 1.29 is 0 Å². The van der Waals surface area contributed by atoms with Crippen LogP contribution in [0.1, 0.15) is 11.6 Å². The Hall–Kier alpha value is 0.160. The summed E-state index contributed by atoms with van der Waals surface area (Å²) < 4.78 is 1.01. The van der Waals surface area contributed by atoms with Crippen LogP contribution in [0.15, 0.2) is 18.2 Å². The monoisotopic (exact) mass is 296 g/mol. The molecule has 1 aromatic carbocycles. The van der Waals surface area contributed by atoms with Gasteiger partial charge in [-0.25, -0.2) is 0 Å². The van der Waals surface area contributed by atoms with Crippen LogP contribution in [0.2, 0.25) is 5.02 Å². The Morgan fingerprint density at radius 3 is 2.67 bits per heavy atom. The average Bonchev–Trinajstić information content (AvgIpc) is 2.08. The Morgan fingerprint density at radius 2 is 2.17 bits per heavy atom. The fraction of sp³-hybridized carbons (Fsp3) is 0.250. The first-order valence-corrected chi connectivity index (χ1v) is 5.01. The van der Waals surface area contributed by atoms with E-state index < -0.39 is 0 Å². The summed E-state index contributed by atoms with van der Waals surface area (Å²) in [6.45, 7) is 0.456. The second kappa shape index (κ2) is 4.41. The number of hydrogen-bond donors (Lipinski definition) is 2. The summed E-state index contributed by atoms with van der Waals surface area (Å²) >= 11 is 8.02. The molecule has 0 aromatic heterocycles. The van der Waals surface area contributed by atoms with Gasteiger partial charge in [-0.3, -0.25) is 0 Å². The zero-order chi connectivity index (χ0) is 9.14. The molecule has 4 heteroatoms. The highest BCUT2D eigenvalue weighted by Gasteiger charge is 2.04. The lowest BCUT2D eigenvalue weighted by atomic mass is 10.1. The topological polar surface area (TPSA) is 52.0 Å². The van der Waals surface area contributed by atoms with Crippen molar-refractivity contribution in [1.82, 2.24) is 0 Å². The molecule has 0 heterocycles. The van der Waals surface area contributed by atoms with Crippen molar-refractivity contribution in [3.63, 3.8) is 0 Å². The van der Waals surface area contributed by atoms with Crippen molar-refractivity contribution in [2.24, 2.45) is 11.5 Å². The van der Waals surface area contributed by atoms with E-state index >= 15 is 0 Å². The van der Waals surface area contributed by atoms with E-state index in [-0.39, 0.29) is 6.04 Å². The largest absolute Gasteiger partial charge is 0.329 e. The van der Waals surface area contributed by atoms with E-state index in [2.05, 4.69) is 22.6 Å². The number of halogens is 2. The molecule has 0 saturated carbocycles. The Balaban J connectivity index is 2.96. The number of rotatable bonds is 2. The second-order valence-electron chi connectivity index (χ2n) is 2.52. The molecule has 1 unspecified atom stereocenters. The fourth-order valence-corrected chi connectivity index (χ4v) is 1.54. The van der Waals surface area contributed by atoms with Gasteiger partial charge in [-0.05, 0) is 40.3 Å². The van der Waals surface area contributed by atoms with Gasteiger partial charge in [0.15, 0.2) is 0 Å². The first-order valence-electron chi connectivity index (χ1n) is 3.55. The van der Waals surface area contributed by atoms with E-state index in [1.807, 2.05) is 18.2 Å². The van der Waals surface area contributed by atoms with E-state index in [1.54, 1.807) is 0 Å². The van der Waals surface area contributed by atoms with Crippen LogP contribution >= 0.6 is 34.2 Å². The number of hydrogen-bond acceptors (Lipinski definition) is 2. The van der Waals surface area contributed by atoms with Crippen LogP contribution in [0.3, 0.4) is 0 Å². The SMILES string of the molecule is NCC(N)c1ccc(Cl)c(I)c1. The smallest absolute Gasteiger partial charge is 0.0539 e. The zero-order valence-corrected chi connectivity index (χ0v) is 9.34. The molecular formula is C8H10ClIN2. The maximum atomic E-state index is 5.85. The zero-order valence-electron chi connectivity index (χ0n) is 6.43. The highest BCUT2D eigenvalue weighted by Crippen LogP contribution is 2.21. The standard InChI is InChI=1S/C8H10ClIN2/c9-6-2-1-5(3-7(6)10)8(12)4-11/h1-3,8H,4,11-12H2. The van der Waals surface area contributed by atoms with Gasteiger partial charge in [-0.1, -0.05) is 17.7 Å². The second-order valence-corrected chi connectivity index (χ2v) is 4.09. The average molecular weight is 297 g/mol. The summed E-state index contributed by atoms with van der Waals surface area (Å²) in [5.41, 5.74) is 12.2. The van der Waals surface area contributed by atoms with Gasteiger partial charge >= 0.3 is 0 Å². The molecule has 0 spiro atoms. The van der Waals surface area contributed by atoms with Gasteiger partial charge in [0, 0.05) is 16.2 Å². The van der Waals surface area contributed by atoms with E-state index in [0.29, 0.717) is 6.54 Å². The summed E-state index contributed by atoms with van der Waals surface area (Å²) in [5, 5.41) is 0.753. The Labute approximate surface area is 90.4 Å². The van der Waals surface area contributed by atoms with E-state index in [1.165, 1.54) is 0 Å². The minimum Gasteiger partial charge on any atom is -0.329 e. The molecule has 1 rings (SSSR count). The molecule has 1 atom stereocenters. The molecular weight excluding hydrogens is 286 g/mol. The van der Waals surface area contributed by atoms with Gasteiger partial charge in [0.05, 0.1) is 5.02 Å². The Kier molecular flexibility index (Phi) is 3.77. The maximum absolute atomic E-state index is 5.85. The molecule has 4 N–H and O–H groups in total. The van der Waals surface area contributed by atoms with Crippen LogP contribution in [0, 0.1) is 3.57 Å². The van der Waals surface area contributed by atoms with Gasteiger partial charge in [-0.15, -0.1) is 0 Å². The first-order chi connectivity index (χ1) is 5.65.